The highest BCUT2D eigenvalue weighted by molar-refractivity contribution is 6.34. The second kappa shape index (κ2) is 11.2. The van der Waals surface area contributed by atoms with Gasteiger partial charge in [-0.25, -0.2) is 14.2 Å². The molecular weight excluding hydrogens is 520 g/mol. The zero-order valence-corrected chi connectivity index (χ0v) is 23.1. The molecule has 0 saturated carbocycles. The number of hydrogen-bond acceptors (Lipinski definition) is 6. The highest BCUT2D eigenvalue weighted by Gasteiger charge is 2.24. The van der Waals surface area contributed by atoms with Gasteiger partial charge in [0.15, 0.2) is 0 Å². The zero-order valence-electron chi connectivity index (χ0n) is 22.3. The molecule has 0 aliphatic carbocycles. The number of esters is 1. The van der Waals surface area contributed by atoms with Gasteiger partial charge in [0.25, 0.3) is 11.5 Å². The molecule has 39 heavy (non-hydrogen) atoms. The van der Waals surface area contributed by atoms with E-state index in [1.807, 2.05) is 25.1 Å². The summed E-state index contributed by atoms with van der Waals surface area (Å²) in [7, 11) is 6.61. The molecule has 3 aromatic carbocycles. The largest absolute Gasteiger partial charge is 0.467 e. The Labute approximate surface area is 230 Å². The number of nitrogens with one attached hydrogen (secondary N) is 1. The van der Waals surface area contributed by atoms with Gasteiger partial charge in [0.2, 0.25) is 0 Å². The Balaban J connectivity index is 1.66. The Kier molecular flexibility index (Phi) is 7.92. The number of aromatic nitrogens is 2. The molecule has 0 fully saturated rings. The third kappa shape index (κ3) is 5.44. The van der Waals surface area contributed by atoms with Crippen molar-refractivity contribution in [2.45, 2.75) is 19.4 Å². The standard InChI is InChI=1S/C29H29ClN4O5/c1-17-7-6-8-22(30)25(17)26(35)31-23(28(37)39-5)15-18-9-11-19(12-10-18)34-27(36)21-16-20(32(2)3)13-14-24(21)33(4)29(34)38/h6-14,16,23H,15H2,1-5H3,(H,31,35)/t23-/m0/s1. The van der Waals surface area contributed by atoms with E-state index < -0.39 is 29.2 Å². The Bertz CT molecular complexity index is 1670. The first-order valence-electron chi connectivity index (χ1n) is 12.2. The molecule has 0 bridgehead atoms. The van der Waals surface area contributed by atoms with Crippen LogP contribution in [-0.2, 0) is 23.0 Å². The number of hydrogen-bond donors (Lipinski definition) is 1. The van der Waals surface area contributed by atoms with Gasteiger partial charge in [-0.15, -0.1) is 0 Å². The van der Waals surface area contributed by atoms with E-state index in [0.29, 0.717) is 27.7 Å². The number of carbonyl (C=O) groups excluding carboxylic acids is 2. The van der Waals surface area contributed by atoms with E-state index in [2.05, 4.69) is 5.32 Å². The van der Waals surface area contributed by atoms with Crippen molar-refractivity contribution in [1.82, 2.24) is 14.5 Å². The van der Waals surface area contributed by atoms with Crippen LogP contribution in [-0.4, -0.2) is 48.3 Å². The first kappa shape index (κ1) is 27.7. The Morgan fingerprint density at radius 3 is 2.36 bits per heavy atom. The molecule has 1 heterocycles. The summed E-state index contributed by atoms with van der Waals surface area (Å²) in [6, 6.07) is 16.1. The van der Waals surface area contributed by atoms with Crippen molar-refractivity contribution in [3.63, 3.8) is 0 Å². The van der Waals surface area contributed by atoms with Crippen LogP contribution < -0.4 is 21.5 Å². The van der Waals surface area contributed by atoms with Crippen molar-refractivity contribution in [3.8, 4) is 5.69 Å². The average molecular weight is 549 g/mol. The molecule has 0 spiro atoms. The highest BCUT2D eigenvalue weighted by atomic mass is 35.5. The van der Waals surface area contributed by atoms with Gasteiger partial charge in [0, 0.05) is 33.3 Å². The lowest BCUT2D eigenvalue weighted by Gasteiger charge is -2.18. The van der Waals surface area contributed by atoms with Gasteiger partial charge in [-0.1, -0.05) is 35.9 Å². The van der Waals surface area contributed by atoms with Crippen LogP contribution in [0.1, 0.15) is 21.5 Å². The number of ether oxygens (including phenoxy) is 1. The molecule has 4 rings (SSSR count). The van der Waals surface area contributed by atoms with Crippen LogP contribution in [0.2, 0.25) is 5.02 Å². The number of nitrogens with zero attached hydrogens (tertiary/aromatic N) is 3. The van der Waals surface area contributed by atoms with Crippen molar-refractivity contribution in [3.05, 3.63) is 103 Å². The maximum Gasteiger partial charge on any atom is 0.335 e. The fraction of sp³-hybridized carbons (Fsp3) is 0.241. The molecule has 0 aliphatic heterocycles. The van der Waals surface area contributed by atoms with E-state index >= 15 is 0 Å². The number of methoxy groups -OCH3 is 1. The summed E-state index contributed by atoms with van der Waals surface area (Å²) < 4.78 is 7.46. The second-order valence-corrected chi connectivity index (χ2v) is 9.84. The van der Waals surface area contributed by atoms with Crippen molar-refractivity contribution >= 4 is 40.1 Å². The summed E-state index contributed by atoms with van der Waals surface area (Å²) in [5.74, 6) is -1.11. The number of carbonyl (C=O) groups is 2. The van der Waals surface area contributed by atoms with Gasteiger partial charge in [-0.2, -0.15) is 0 Å². The highest BCUT2D eigenvalue weighted by Crippen LogP contribution is 2.21. The molecule has 1 amide bonds. The monoisotopic (exact) mass is 548 g/mol. The fourth-order valence-corrected chi connectivity index (χ4v) is 4.76. The van der Waals surface area contributed by atoms with Gasteiger partial charge >= 0.3 is 11.7 Å². The summed E-state index contributed by atoms with van der Waals surface area (Å²) in [6.45, 7) is 1.76. The van der Waals surface area contributed by atoms with Gasteiger partial charge in [0.1, 0.15) is 6.04 Å². The Morgan fingerprint density at radius 2 is 1.74 bits per heavy atom. The van der Waals surface area contributed by atoms with Gasteiger partial charge in [-0.3, -0.25) is 14.2 Å². The minimum Gasteiger partial charge on any atom is -0.467 e. The molecule has 10 heteroatoms. The maximum absolute atomic E-state index is 13.4. The molecule has 1 aromatic heterocycles. The quantitative estimate of drug-likeness (QED) is 0.356. The van der Waals surface area contributed by atoms with Gasteiger partial charge in [0.05, 0.1) is 34.3 Å². The van der Waals surface area contributed by atoms with Crippen LogP contribution in [0.4, 0.5) is 5.69 Å². The zero-order chi connectivity index (χ0) is 28.4. The van der Waals surface area contributed by atoms with Crippen molar-refractivity contribution in [1.29, 1.82) is 0 Å². The number of halogens is 1. The Hall–Kier alpha value is -4.37. The molecule has 0 saturated heterocycles. The van der Waals surface area contributed by atoms with Crippen molar-refractivity contribution in [2.24, 2.45) is 7.05 Å². The molecule has 1 N–H and O–H groups in total. The lowest BCUT2D eigenvalue weighted by atomic mass is 10.0. The van der Waals surface area contributed by atoms with Crippen LogP contribution >= 0.6 is 11.6 Å². The second-order valence-electron chi connectivity index (χ2n) is 9.43. The topological polar surface area (TPSA) is 103 Å². The third-order valence-corrected chi connectivity index (χ3v) is 6.96. The van der Waals surface area contributed by atoms with Crippen LogP contribution in [0.25, 0.3) is 16.6 Å². The van der Waals surface area contributed by atoms with Gasteiger partial charge in [-0.05, 0) is 54.4 Å². The molecule has 0 aliphatic rings. The molecular formula is C29H29ClN4O5. The molecule has 4 aromatic rings. The molecule has 0 unspecified atom stereocenters. The smallest absolute Gasteiger partial charge is 0.335 e. The molecule has 0 radical (unpaired) electrons. The summed E-state index contributed by atoms with van der Waals surface area (Å²) in [6.07, 6.45) is 0.124. The predicted molar refractivity (Wildman–Crippen MR) is 152 cm³/mol. The van der Waals surface area contributed by atoms with Crippen LogP contribution in [0.15, 0.2) is 70.3 Å². The molecule has 202 valence electrons. The van der Waals surface area contributed by atoms with E-state index in [-0.39, 0.29) is 17.0 Å². The summed E-state index contributed by atoms with van der Waals surface area (Å²) in [4.78, 5) is 53.8. The predicted octanol–water partition coefficient (Wildman–Crippen LogP) is 3.23. The lowest BCUT2D eigenvalue weighted by Crippen LogP contribution is -2.43. The SMILES string of the molecule is COC(=O)[C@H](Cc1ccc(-n2c(=O)c3cc(N(C)C)ccc3n(C)c2=O)cc1)NC(=O)c1c(C)cccc1Cl. The average Bonchev–Trinajstić information content (AvgIpc) is 2.91. The van der Waals surface area contributed by atoms with E-state index in [0.717, 1.165) is 10.3 Å². The van der Waals surface area contributed by atoms with E-state index in [1.165, 1.54) is 11.7 Å². The number of aryl methyl sites for hydroxylation is 2. The van der Waals surface area contributed by atoms with Crippen LogP contribution in [0.5, 0.6) is 0 Å². The lowest BCUT2D eigenvalue weighted by molar-refractivity contribution is -0.142. The van der Waals surface area contributed by atoms with E-state index in [1.54, 1.807) is 68.6 Å². The minimum absolute atomic E-state index is 0.124. The summed E-state index contributed by atoms with van der Waals surface area (Å²) in [5, 5.41) is 3.40. The first-order chi connectivity index (χ1) is 18.5. The van der Waals surface area contributed by atoms with Crippen LogP contribution in [0.3, 0.4) is 0 Å². The van der Waals surface area contributed by atoms with E-state index in [4.69, 9.17) is 16.3 Å². The molecule has 1 atom stereocenters. The van der Waals surface area contributed by atoms with Crippen molar-refractivity contribution in [2.75, 3.05) is 26.1 Å². The summed E-state index contributed by atoms with van der Waals surface area (Å²) >= 11 is 6.22. The van der Waals surface area contributed by atoms with Crippen molar-refractivity contribution < 1.29 is 14.3 Å². The Morgan fingerprint density at radius 1 is 1.05 bits per heavy atom. The number of benzene rings is 3. The first-order valence-corrected chi connectivity index (χ1v) is 12.6. The van der Waals surface area contributed by atoms with Crippen LogP contribution in [0, 0.1) is 6.92 Å². The number of fused-ring (bicyclic) bond motifs is 1. The van der Waals surface area contributed by atoms with E-state index in [9.17, 15) is 19.2 Å². The number of amides is 1. The normalized spacial score (nSPS) is 11.7. The van der Waals surface area contributed by atoms with Gasteiger partial charge < -0.3 is 15.0 Å². The third-order valence-electron chi connectivity index (χ3n) is 6.64. The molecule has 9 nitrogen and oxygen atoms in total. The number of rotatable bonds is 7. The minimum atomic E-state index is -0.982. The number of anilines is 1. The fourth-order valence-electron chi connectivity index (χ4n) is 4.46. The maximum atomic E-state index is 13.4. The summed E-state index contributed by atoms with van der Waals surface area (Å²) in [5.41, 5.74) is 2.49.